The monoisotopic (exact) mass is 204 g/mol. The van der Waals surface area contributed by atoms with Gasteiger partial charge in [-0.25, -0.2) is 0 Å². The van der Waals surface area contributed by atoms with Crippen molar-refractivity contribution in [1.82, 2.24) is 10.5 Å². The molecule has 1 fully saturated rings. The van der Waals surface area contributed by atoms with Gasteiger partial charge in [0.05, 0.1) is 5.69 Å². The van der Waals surface area contributed by atoms with Crippen molar-refractivity contribution < 1.29 is 4.52 Å². The van der Waals surface area contributed by atoms with Crippen molar-refractivity contribution >= 4 is 5.57 Å². The topological polar surface area (TPSA) is 38.1 Å². The van der Waals surface area contributed by atoms with Crippen molar-refractivity contribution in [3.63, 3.8) is 0 Å². The minimum absolute atomic E-state index is 0.506. The SMILES string of the molecule is Cc1cc(C2=CCC[C@H]3CCN[C@@H]23)on1. The molecule has 15 heavy (non-hydrogen) atoms. The molecular weight excluding hydrogens is 188 g/mol. The van der Waals surface area contributed by atoms with Gasteiger partial charge in [-0.2, -0.15) is 0 Å². The lowest BCUT2D eigenvalue weighted by atomic mass is 9.84. The minimum atomic E-state index is 0.506. The summed E-state index contributed by atoms with van der Waals surface area (Å²) in [5.41, 5.74) is 2.29. The van der Waals surface area contributed by atoms with Crippen LogP contribution in [0.5, 0.6) is 0 Å². The van der Waals surface area contributed by atoms with Crippen molar-refractivity contribution in [1.29, 1.82) is 0 Å². The molecule has 2 aliphatic rings. The van der Waals surface area contributed by atoms with E-state index >= 15 is 0 Å². The molecule has 1 aromatic heterocycles. The number of nitrogens with zero attached hydrogens (tertiary/aromatic N) is 1. The Hall–Kier alpha value is -1.09. The van der Waals surface area contributed by atoms with Crippen LogP contribution >= 0.6 is 0 Å². The lowest BCUT2D eigenvalue weighted by molar-refractivity contribution is 0.392. The van der Waals surface area contributed by atoms with Crippen molar-refractivity contribution in [2.24, 2.45) is 5.92 Å². The third-order valence-electron chi connectivity index (χ3n) is 3.50. The maximum Gasteiger partial charge on any atom is 0.164 e. The van der Waals surface area contributed by atoms with Crippen LogP contribution in [0.1, 0.15) is 30.7 Å². The molecule has 0 saturated carbocycles. The normalized spacial score (nSPS) is 30.1. The van der Waals surface area contributed by atoms with Crippen LogP contribution in [0.2, 0.25) is 0 Å². The molecule has 1 N–H and O–H groups in total. The molecule has 0 spiro atoms. The Morgan fingerprint density at radius 2 is 2.40 bits per heavy atom. The quantitative estimate of drug-likeness (QED) is 0.761. The van der Waals surface area contributed by atoms with Gasteiger partial charge in [0.15, 0.2) is 5.76 Å². The number of rotatable bonds is 1. The maximum atomic E-state index is 5.35. The van der Waals surface area contributed by atoms with Crippen molar-refractivity contribution in [3.8, 4) is 0 Å². The summed E-state index contributed by atoms with van der Waals surface area (Å²) in [6.07, 6.45) is 6.10. The van der Waals surface area contributed by atoms with E-state index in [-0.39, 0.29) is 0 Å². The Bertz CT molecular complexity index is 394. The van der Waals surface area contributed by atoms with Gasteiger partial charge in [-0.15, -0.1) is 0 Å². The molecule has 80 valence electrons. The highest BCUT2D eigenvalue weighted by atomic mass is 16.5. The predicted molar refractivity (Wildman–Crippen MR) is 58.3 cm³/mol. The summed E-state index contributed by atoms with van der Waals surface area (Å²) in [5.74, 6) is 1.76. The first-order valence-electron chi connectivity index (χ1n) is 5.72. The molecule has 2 atom stereocenters. The zero-order valence-corrected chi connectivity index (χ0v) is 8.99. The number of fused-ring (bicyclic) bond motifs is 1. The van der Waals surface area contributed by atoms with Gasteiger partial charge in [0.2, 0.25) is 0 Å². The number of aromatic nitrogens is 1. The van der Waals surface area contributed by atoms with Gasteiger partial charge in [-0.05, 0) is 38.6 Å². The molecule has 0 aromatic carbocycles. The molecule has 1 saturated heterocycles. The van der Waals surface area contributed by atoms with Gasteiger partial charge in [-0.1, -0.05) is 11.2 Å². The van der Waals surface area contributed by atoms with Gasteiger partial charge < -0.3 is 9.84 Å². The molecule has 0 amide bonds. The van der Waals surface area contributed by atoms with Crippen LogP contribution in [0.15, 0.2) is 16.7 Å². The van der Waals surface area contributed by atoms with Crippen molar-refractivity contribution in [3.05, 3.63) is 23.6 Å². The Morgan fingerprint density at radius 1 is 1.47 bits per heavy atom. The van der Waals surface area contributed by atoms with E-state index in [1.807, 2.05) is 13.0 Å². The number of hydrogen-bond donors (Lipinski definition) is 1. The molecule has 1 aliphatic carbocycles. The van der Waals surface area contributed by atoms with Gasteiger partial charge in [0.1, 0.15) is 0 Å². The fourth-order valence-electron chi connectivity index (χ4n) is 2.77. The fourth-order valence-corrected chi connectivity index (χ4v) is 2.77. The van der Waals surface area contributed by atoms with E-state index in [9.17, 15) is 0 Å². The van der Waals surface area contributed by atoms with Crippen LogP contribution in [-0.4, -0.2) is 17.7 Å². The van der Waals surface area contributed by atoms with Gasteiger partial charge in [-0.3, -0.25) is 0 Å². The lowest BCUT2D eigenvalue weighted by Gasteiger charge is -2.25. The lowest BCUT2D eigenvalue weighted by Crippen LogP contribution is -2.30. The van der Waals surface area contributed by atoms with E-state index in [1.54, 1.807) is 0 Å². The van der Waals surface area contributed by atoms with E-state index in [4.69, 9.17) is 4.52 Å². The van der Waals surface area contributed by atoms with Crippen LogP contribution in [0, 0.1) is 12.8 Å². The van der Waals surface area contributed by atoms with E-state index in [1.165, 1.54) is 24.8 Å². The summed E-state index contributed by atoms with van der Waals surface area (Å²) in [4.78, 5) is 0. The second-order valence-corrected chi connectivity index (χ2v) is 4.55. The van der Waals surface area contributed by atoms with Crippen LogP contribution in [0.4, 0.5) is 0 Å². The minimum Gasteiger partial charge on any atom is -0.356 e. The summed E-state index contributed by atoms with van der Waals surface area (Å²) in [6.45, 7) is 3.11. The van der Waals surface area contributed by atoms with E-state index in [2.05, 4.69) is 16.5 Å². The van der Waals surface area contributed by atoms with Gasteiger partial charge >= 0.3 is 0 Å². The molecule has 2 heterocycles. The summed E-state index contributed by atoms with van der Waals surface area (Å²) in [7, 11) is 0. The highest BCUT2D eigenvalue weighted by molar-refractivity contribution is 5.67. The van der Waals surface area contributed by atoms with Crippen LogP contribution in [0.3, 0.4) is 0 Å². The third-order valence-corrected chi connectivity index (χ3v) is 3.50. The van der Waals surface area contributed by atoms with Crippen molar-refractivity contribution in [2.75, 3.05) is 6.54 Å². The number of nitrogens with one attached hydrogen (secondary N) is 1. The molecule has 0 radical (unpaired) electrons. The van der Waals surface area contributed by atoms with Gasteiger partial charge in [0.25, 0.3) is 0 Å². The smallest absolute Gasteiger partial charge is 0.164 e. The largest absolute Gasteiger partial charge is 0.356 e. The molecule has 1 aromatic rings. The van der Waals surface area contributed by atoms with Crippen LogP contribution < -0.4 is 5.32 Å². The molecule has 1 aliphatic heterocycles. The number of allylic oxidation sites excluding steroid dienone is 1. The molecule has 3 heteroatoms. The summed E-state index contributed by atoms with van der Waals surface area (Å²) in [5, 5.41) is 7.52. The second kappa shape index (κ2) is 3.49. The Balaban J connectivity index is 1.94. The highest BCUT2D eigenvalue weighted by Gasteiger charge is 2.33. The zero-order valence-electron chi connectivity index (χ0n) is 8.99. The zero-order chi connectivity index (χ0) is 10.3. The van der Waals surface area contributed by atoms with Gasteiger partial charge in [0, 0.05) is 17.7 Å². The Labute approximate surface area is 89.5 Å². The summed E-state index contributed by atoms with van der Waals surface area (Å²) in [6, 6.07) is 2.54. The maximum absolute atomic E-state index is 5.35. The van der Waals surface area contributed by atoms with Crippen molar-refractivity contribution in [2.45, 2.75) is 32.2 Å². The summed E-state index contributed by atoms with van der Waals surface area (Å²) < 4.78 is 5.35. The molecular formula is C12H16N2O. The average molecular weight is 204 g/mol. The Kier molecular flexibility index (Phi) is 2.13. The second-order valence-electron chi connectivity index (χ2n) is 4.55. The average Bonchev–Trinajstić information content (AvgIpc) is 2.84. The fraction of sp³-hybridized carbons (Fsp3) is 0.583. The first kappa shape index (κ1) is 9.16. The van der Waals surface area contributed by atoms with E-state index in [0.29, 0.717) is 6.04 Å². The highest BCUT2D eigenvalue weighted by Crippen LogP contribution is 2.36. The van der Waals surface area contributed by atoms with Crippen LogP contribution in [0.25, 0.3) is 5.57 Å². The first-order valence-corrected chi connectivity index (χ1v) is 5.72. The van der Waals surface area contributed by atoms with E-state index in [0.717, 1.165) is 23.9 Å². The van der Waals surface area contributed by atoms with E-state index < -0.39 is 0 Å². The Morgan fingerprint density at radius 3 is 3.20 bits per heavy atom. The predicted octanol–water partition coefficient (Wildman–Crippen LogP) is 2.14. The third kappa shape index (κ3) is 1.51. The molecule has 3 nitrogen and oxygen atoms in total. The molecule has 0 bridgehead atoms. The number of hydrogen-bond acceptors (Lipinski definition) is 3. The molecule has 0 unspecified atom stereocenters. The summed E-state index contributed by atoms with van der Waals surface area (Å²) >= 11 is 0. The van der Waals surface area contributed by atoms with Crippen LogP contribution in [-0.2, 0) is 0 Å². The number of aryl methyl sites for hydroxylation is 1. The standard InChI is InChI=1S/C12H16N2O/c1-8-7-11(15-14-8)10-4-2-3-9-5-6-13-12(9)10/h4,7,9,12-13H,2-3,5-6H2,1H3/t9-,12+/m0/s1. The molecule has 3 rings (SSSR count). The first-order chi connectivity index (χ1) is 7.34.